The van der Waals surface area contributed by atoms with Crippen molar-refractivity contribution in [2.75, 3.05) is 37.7 Å². The average Bonchev–Trinajstić information content (AvgIpc) is 3.75. The zero-order valence-electron chi connectivity index (χ0n) is 20.1. The maximum absolute atomic E-state index is 13.1. The Morgan fingerprint density at radius 3 is 2.37 bits per heavy atom. The summed E-state index contributed by atoms with van der Waals surface area (Å²) < 4.78 is 6.83. The number of hydrogen-bond acceptors (Lipinski definition) is 7. The van der Waals surface area contributed by atoms with Gasteiger partial charge in [-0.3, -0.25) is 9.59 Å². The first-order valence-electron chi connectivity index (χ1n) is 12.2. The van der Waals surface area contributed by atoms with Gasteiger partial charge in [0.25, 0.3) is 5.56 Å². The number of ether oxygens (including phenoxy) is 1. The minimum Gasteiger partial charge on any atom is -0.494 e. The smallest absolute Gasteiger partial charge is 0.267 e. The van der Waals surface area contributed by atoms with Crippen LogP contribution in [0.15, 0.2) is 53.3 Å². The number of benzene rings is 1. The Labute approximate surface area is 204 Å². The summed E-state index contributed by atoms with van der Waals surface area (Å²) in [4.78, 5) is 29.4. The SMILES string of the molecule is CCOc1ccc(-c2ccc(N3CCN(C(=O)C(C)n4nc(C5CC5)ccc4=O)CC3)nn2)cc1. The molecule has 9 heteroatoms. The predicted octanol–water partition coefficient (Wildman–Crippen LogP) is 2.89. The van der Waals surface area contributed by atoms with Crippen LogP contribution in [0.4, 0.5) is 5.82 Å². The first-order valence-corrected chi connectivity index (χ1v) is 12.2. The molecule has 182 valence electrons. The van der Waals surface area contributed by atoms with Gasteiger partial charge in [0.1, 0.15) is 11.8 Å². The summed E-state index contributed by atoms with van der Waals surface area (Å²) in [6, 6.07) is 14.4. The van der Waals surface area contributed by atoms with E-state index in [1.54, 1.807) is 17.9 Å². The normalized spacial score (nSPS) is 16.7. The van der Waals surface area contributed by atoms with Crippen LogP contribution in [0, 0.1) is 0 Å². The second kappa shape index (κ2) is 9.85. The molecule has 1 atom stereocenters. The first-order chi connectivity index (χ1) is 17.0. The molecule has 0 N–H and O–H groups in total. The fourth-order valence-corrected chi connectivity index (χ4v) is 4.38. The van der Waals surface area contributed by atoms with E-state index in [-0.39, 0.29) is 11.5 Å². The third kappa shape index (κ3) is 5.03. The summed E-state index contributed by atoms with van der Waals surface area (Å²) in [6.45, 7) is 6.77. The fraction of sp³-hybridized carbons (Fsp3) is 0.423. The van der Waals surface area contributed by atoms with Crippen molar-refractivity contribution in [2.45, 2.75) is 38.6 Å². The van der Waals surface area contributed by atoms with Crippen molar-refractivity contribution in [1.29, 1.82) is 0 Å². The number of hydrogen-bond donors (Lipinski definition) is 0. The highest BCUT2D eigenvalue weighted by molar-refractivity contribution is 5.80. The van der Waals surface area contributed by atoms with Crippen molar-refractivity contribution in [1.82, 2.24) is 24.9 Å². The van der Waals surface area contributed by atoms with Gasteiger partial charge in [0, 0.05) is 43.7 Å². The van der Waals surface area contributed by atoms with Crippen molar-refractivity contribution in [3.8, 4) is 17.0 Å². The molecule has 3 aromatic rings. The number of amides is 1. The summed E-state index contributed by atoms with van der Waals surface area (Å²) in [5.41, 5.74) is 2.44. The highest BCUT2D eigenvalue weighted by atomic mass is 16.5. The second-order valence-electron chi connectivity index (χ2n) is 9.04. The van der Waals surface area contributed by atoms with Gasteiger partial charge in [-0.15, -0.1) is 10.2 Å². The summed E-state index contributed by atoms with van der Waals surface area (Å²) >= 11 is 0. The van der Waals surface area contributed by atoms with Gasteiger partial charge in [-0.25, -0.2) is 4.68 Å². The molecule has 2 fully saturated rings. The molecule has 1 aliphatic carbocycles. The molecule has 5 rings (SSSR count). The summed E-state index contributed by atoms with van der Waals surface area (Å²) in [7, 11) is 0. The Hall–Kier alpha value is -3.75. The van der Waals surface area contributed by atoms with Gasteiger partial charge in [0.15, 0.2) is 5.82 Å². The molecule has 0 spiro atoms. The quantitative estimate of drug-likeness (QED) is 0.520. The molecular formula is C26H30N6O3. The monoisotopic (exact) mass is 474 g/mol. The number of piperazine rings is 1. The molecule has 0 radical (unpaired) electrons. The Morgan fingerprint density at radius 1 is 1.00 bits per heavy atom. The van der Waals surface area contributed by atoms with E-state index < -0.39 is 6.04 Å². The van der Waals surface area contributed by atoms with Crippen LogP contribution in [0.5, 0.6) is 5.75 Å². The van der Waals surface area contributed by atoms with E-state index in [2.05, 4.69) is 20.2 Å². The maximum Gasteiger partial charge on any atom is 0.267 e. The summed E-state index contributed by atoms with van der Waals surface area (Å²) in [5, 5.41) is 13.3. The molecule has 0 bridgehead atoms. The van der Waals surface area contributed by atoms with Gasteiger partial charge >= 0.3 is 0 Å². The van der Waals surface area contributed by atoms with Crippen LogP contribution in [-0.2, 0) is 4.79 Å². The van der Waals surface area contributed by atoms with Gasteiger partial charge in [-0.05, 0) is 69.2 Å². The predicted molar refractivity (Wildman–Crippen MR) is 133 cm³/mol. The number of aromatic nitrogens is 4. The fourth-order valence-electron chi connectivity index (χ4n) is 4.38. The zero-order valence-corrected chi connectivity index (χ0v) is 20.1. The Balaban J connectivity index is 1.19. The molecule has 3 heterocycles. The number of rotatable bonds is 7. The lowest BCUT2D eigenvalue weighted by atomic mass is 10.1. The van der Waals surface area contributed by atoms with Crippen LogP contribution < -0.4 is 15.2 Å². The third-order valence-electron chi connectivity index (χ3n) is 6.59. The van der Waals surface area contributed by atoms with Crippen molar-refractivity contribution >= 4 is 11.7 Å². The lowest BCUT2D eigenvalue weighted by Crippen LogP contribution is -2.51. The molecule has 1 saturated carbocycles. The third-order valence-corrected chi connectivity index (χ3v) is 6.59. The molecule has 9 nitrogen and oxygen atoms in total. The van der Waals surface area contributed by atoms with Crippen molar-refractivity contribution in [3.05, 3.63) is 64.6 Å². The molecular weight excluding hydrogens is 444 g/mol. The molecule has 1 amide bonds. The Bertz CT molecular complexity index is 1230. The largest absolute Gasteiger partial charge is 0.494 e. The van der Waals surface area contributed by atoms with E-state index in [0.717, 1.165) is 41.4 Å². The second-order valence-corrected chi connectivity index (χ2v) is 9.04. The number of carbonyl (C=O) groups excluding carboxylic acids is 1. The lowest BCUT2D eigenvalue weighted by molar-refractivity contribution is -0.135. The first kappa shape index (κ1) is 23.0. The highest BCUT2D eigenvalue weighted by Gasteiger charge is 2.30. The zero-order chi connectivity index (χ0) is 24.4. The van der Waals surface area contributed by atoms with E-state index in [0.29, 0.717) is 38.7 Å². The van der Waals surface area contributed by atoms with Gasteiger partial charge in [-0.2, -0.15) is 5.10 Å². The van der Waals surface area contributed by atoms with Crippen molar-refractivity contribution in [3.63, 3.8) is 0 Å². The van der Waals surface area contributed by atoms with Gasteiger partial charge in [0.2, 0.25) is 5.91 Å². The van der Waals surface area contributed by atoms with Crippen LogP contribution in [0.1, 0.15) is 44.3 Å². The minimum absolute atomic E-state index is 0.0795. The number of anilines is 1. The van der Waals surface area contributed by atoms with Crippen LogP contribution in [0.25, 0.3) is 11.3 Å². The molecule has 1 unspecified atom stereocenters. The van der Waals surface area contributed by atoms with Gasteiger partial charge in [-0.1, -0.05) is 0 Å². The molecule has 1 saturated heterocycles. The summed E-state index contributed by atoms with van der Waals surface area (Å²) in [5.74, 6) is 1.97. The van der Waals surface area contributed by atoms with E-state index >= 15 is 0 Å². The molecule has 35 heavy (non-hydrogen) atoms. The van der Waals surface area contributed by atoms with E-state index in [4.69, 9.17) is 4.74 Å². The number of nitrogens with zero attached hydrogens (tertiary/aromatic N) is 6. The van der Waals surface area contributed by atoms with Crippen molar-refractivity contribution in [2.24, 2.45) is 0 Å². The standard InChI is InChI=1S/C26H30N6O3/c1-3-35-21-8-6-19(7-9-21)22-10-12-24(28-27-22)30-14-16-31(17-15-30)26(34)18(2)32-25(33)13-11-23(29-32)20-4-5-20/h6-13,18,20H,3-5,14-17H2,1-2H3. The van der Waals surface area contributed by atoms with E-state index in [1.807, 2.05) is 43.3 Å². The lowest BCUT2D eigenvalue weighted by Gasteiger charge is -2.36. The Morgan fingerprint density at radius 2 is 1.74 bits per heavy atom. The van der Waals surface area contributed by atoms with Gasteiger partial charge in [0.05, 0.1) is 18.0 Å². The highest BCUT2D eigenvalue weighted by Crippen LogP contribution is 2.38. The van der Waals surface area contributed by atoms with Crippen LogP contribution in [-0.4, -0.2) is 63.6 Å². The van der Waals surface area contributed by atoms with Crippen LogP contribution >= 0.6 is 0 Å². The molecule has 1 aromatic carbocycles. The molecule has 1 aliphatic heterocycles. The number of carbonyl (C=O) groups is 1. The summed E-state index contributed by atoms with van der Waals surface area (Å²) in [6.07, 6.45) is 2.19. The maximum atomic E-state index is 13.1. The van der Waals surface area contributed by atoms with Crippen LogP contribution in [0.3, 0.4) is 0 Å². The minimum atomic E-state index is -0.624. The molecule has 2 aromatic heterocycles. The Kier molecular flexibility index (Phi) is 6.48. The topological polar surface area (TPSA) is 93.5 Å². The van der Waals surface area contributed by atoms with Crippen LogP contribution in [0.2, 0.25) is 0 Å². The average molecular weight is 475 g/mol. The van der Waals surface area contributed by atoms with Crippen molar-refractivity contribution < 1.29 is 9.53 Å². The van der Waals surface area contributed by atoms with E-state index in [1.165, 1.54) is 10.7 Å². The molecule has 2 aliphatic rings. The van der Waals surface area contributed by atoms with E-state index in [9.17, 15) is 9.59 Å². The van der Waals surface area contributed by atoms with Gasteiger partial charge < -0.3 is 14.5 Å².